The van der Waals surface area contributed by atoms with Crippen molar-refractivity contribution in [3.05, 3.63) is 146 Å². The van der Waals surface area contributed by atoms with Crippen LogP contribution in [0, 0.1) is 0 Å². The van der Waals surface area contributed by atoms with Crippen LogP contribution in [0.15, 0.2) is 146 Å². The molecule has 170 valence electrons. The molecular formula is C32H24N4+2. The van der Waals surface area contributed by atoms with Crippen LogP contribution in [0.1, 0.15) is 0 Å². The maximum atomic E-state index is 2.31. The Balaban J connectivity index is 1.60. The summed E-state index contributed by atoms with van der Waals surface area (Å²) in [6, 6.07) is 46.8. The maximum absolute atomic E-state index is 2.31. The number of imidazole rings is 2. The number of benzene rings is 5. The highest BCUT2D eigenvalue weighted by Gasteiger charge is 2.26. The summed E-state index contributed by atoms with van der Waals surface area (Å²) in [5.41, 5.74) is 9.10. The largest absolute Gasteiger partial charge is 0.255 e. The molecule has 0 saturated carbocycles. The van der Waals surface area contributed by atoms with Crippen molar-refractivity contribution in [1.82, 2.24) is 9.13 Å². The molecule has 0 spiro atoms. The molecule has 5 aromatic carbocycles. The molecule has 0 amide bonds. The molecule has 4 nitrogen and oxygen atoms in total. The minimum absolute atomic E-state index is 1.13. The van der Waals surface area contributed by atoms with Gasteiger partial charge in [0.15, 0.2) is 22.1 Å². The lowest BCUT2D eigenvalue weighted by Gasteiger charge is -1.99. The SMILES string of the molecule is c1ccc(-n2c[n+](-c3ccccc3)c3cc4c(cc32)n(-c2ccccc2)c[n+]4-c2ccccc2)cc1. The summed E-state index contributed by atoms with van der Waals surface area (Å²) >= 11 is 0. The molecule has 0 radical (unpaired) electrons. The lowest BCUT2D eigenvalue weighted by Crippen LogP contribution is -2.30. The first-order valence-electron chi connectivity index (χ1n) is 12.1. The number of aromatic nitrogens is 4. The third-order valence-electron chi connectivity index (χ3n) is 6.71. The molecule has 36 heavy (non-hydrogen) atoms. The van der Waals surface area contributed by atoms with E-state index in [1.54, 1.807) is 0 Å². The molecule has 0 saturated heterocycles. The van der Waals surface area contributed by atoms with E-state index in [9.17, 15) is 0 Å². The monoisotopic (exact) mass is 464 g/mol. The summed E-state index contributed by atoms with van der Waals surface area (Å²) < 4.78 is 9.10. The minimum atomic E-state index is 1.13. The van der Waals surface area contributed by atoms with E-state index in [0.29, 0.717) is 0 Å². The molecular weight excluding hydrogens is 440 g/mol. The first kappa shape index (κ1) is 20.4. The standard InChI is InChI=1S/C32H24N4/c1-5-13-25(14-6-1)33-23-34(26-15-7-2-8-16-26)30-22-32-31(21-29(30)33)35(27-17-9-3-10-18-27)24-36(32)28-19-11-4-12-20-28/h1-24H/q+2. The Morgan fingerprint density at radius 1 is 0.389 bits per heavy atom. The molecule has 4 heteroatoms. The molecule has 0 N–H and O–H groups in total. The van der Waals surface area contributed by atoms with Crippen LogP contribution in [-0.4, -0.2) is 9.13 Å². The number of hydrogen-bond donors (Lipinski definition) is 0. The Morgan fingerprint density at radius 2 is 0.750 bits per heavy atom. The van der Waals surface area contributed by atoms with E-state index in [4.69, 9.17) is 0 Å². The van der Waals surface area contributed by atoms with E-state index in [-0.39, 0.29) is 0 Å². The molecule has 0 aliphatic rings. The molecule has 0 atom stereocenters. The number of fused-ring (bicyclic) bond motifs is 2. The van der Waals surface area contributed by atoms with Gasteiger partial charge in [-0.1, -0.05) is 72.8 Å². The van der Waals surface area contributed by atoms with E-state index in [2.05, 4.69) is 164 Å². The topological polar surface area (TPSA) is 17.6 Å². The third-order valence-corrected chi connectivity index (χ3v) is 6.71. The zero-order valence-electron chi connectivity index (χ0n) is 19.6. The Kier molecular flexibility index (Phi) is 4.74. The van der Waals surface area contributed by atoms with E-state index in [0.717, 1.165) is 44.8 Å². The van der Waals surface area contributed by atoms with Gasteiger partial charge in [0, 0.05) is 12.1 Å². The quantitative estimate of drug-likeness (QED) is 0.279. The van der Waals surface area contributed by atoms with Crippen LogP contribution in [0.25, 0.3) is 44.8 Å². The fourth-order valence-electron chi connectivity index (χ4n) is 4.98. The van der Waals surface area contributed by atoms with Gasteiger partial charge in [-0.25, -0.2) is 0 Å². The van der Waals surface area contributed by atoms with E-state index in [1.165, 1.54) is 0 Å². The fourth-order valence-corrected chi connectivity index (χ4v) is 4.98. The van der Waals surface area contributed by atoms with Crippen LogP contribution in [0.3, 0.4) is 0 Å². The van der Waals surface area contributed by atoms with Crippen LogP contribution >= 0.6 is 0 Å². The number of para-hydroxylation sites is 4. The van der Waals surface area contributed by atoms with E-state index >= 15 is 0 Å². The summed E-state index contributed by atoms with van der Waals surface area (Å²) in [7, 11) is 0. The lowest BCUT2D eigenvalue weighted by atomic mass is 10.2. The van der Waals surface area contributed by atoms with Crippen molar-refractivity contribution in [2.75, 3.05) is 0 Å². The van der Waals surface area contributed by atoms with Crippen LogP contribution < -0.4 is 9.13 Å². The van der Waals surface area contributed by atoms with Gasteiger partial charge in [-0.05, 0) is 48.5 Å². The molecule has 0 bridgehead atoms. The summed E-state index contributed by atoms with van der Waals surface area (Å²) in [6.45, 7) is 0. The summed E-state index contributed by atoms with van der Waals surface area (Å²) in [5, 5.41) is 0. The first-order valence-corrected chi connectivity index (χ1v) is 12.1. The van der Waals surface area contributed by atoms with Gasteiger partial charge in [-0.15, -0.1) is 0 Å². The van der Waals surface area contributed by atoms with Gasteiger partial charge >= 0.3 is 0 Å². The second kappa shape index (κ2) is 8.36. The maximum Gasteiger partial charge on any atom is 0.255 e. The van der Waals surface area contributed by atoms with Crippen molar-refractivity contribution in [3.63, 3.8) is 0 Å². The average molecular weight is 465 g/mol. The van der Waals surface area contributed by atoms with Crippen molar-refractivity contribution < 1.29 is 9.13 Å². The summed E-state index contributed by atoms with van der Waals surface area (Å²) in [5.74, 6) is 0. The van der Waals surface area contributed by atoms with Crippen LogP contribution in [0.2, 0.25) is 0 Å². The van der Waals surface area contributed by atoms with Crippen LogP contribution in [-0.2, 0) is 0 Å². The Labute approximate surface area is 209 Å². The van der Waals surface area contributed by atoms with Crippen molar-refractivity contribution in [2.45, 2.75) is 0 Å². The van der Waals surface area contributed by atoms with Gasteiger partial charge in [-0.2, -0.15) is 18.3 Å². The molecule has 7 aromatic rings. The third kappa shape index (κ3) is 3.31. The molecule has 0 fully saturated rings. The first-order chi connectivity index (χ1) is 17.9. The molecule has 2 aromatic heterocycles. The van der Waals surface area contributed by atoms with Gasteiger partial charge < -0.3 is 0 Å². The molecule has 0 aliphatic heterocycles. The zero-order chi connectivity index (χ0) is 23.9. The summed E-state index contributed by atoms with van der Waals surface area (Å²) in [4.78, 5) is 0. The predicted octanol–water partition coefficient (Wildman–Crippen LogP) is 6.13. The molecule has 2 heterocycles. The van der Waals surface area contributed by atoms with Crippen molar-refractivity contribution in [1.29, 1.82) is 0 Å². The second-order valence-electron chi connectivity index (χ2n) is 8.88. The normalized spacial score (nSPS) is 11.3. The Hall–Kier alpha value is -4.96. The smallest absolute Gasteiger partial charge is 0.194 e. The highest BCUT2D eigenvalue weighted by atomic mass is 15.2. The second-order valence-corrected chi connectivity index (χ2v) is 8.88. The van der Waals surface area contributed by atoms with Crippen molar-refractivity contribution in [3.8, 4) is 22.7 Å². The predicted molar refractivity (Wildman–Crippen MR) is 143 cm³/mol. The number of nitrogens with zero attached hydrogens (tertiary/aromatic N) is 4. The van der Waals surface area contributed by atoms with Gasteiger partial charge in [0.05, 0.1) is 0 Å². The Morgan fingerprint density at radius 3 is 1.14 bits per heavy atom. The molecule has 0 unspecified atom stereocenters. The minimum Gasteiger partial charge on any atom is -0.194 e. The van der Waals surface area contributed by atoms with Gasteiger partial charge in [0.2, 0.25) is 0 Å². The lowest BCUT2D eigenvalue weighted by molar-refractivity contribution is -0.572. The van der Waals surface area contributed by atoms with Crippen molar-refractivity contribution in [2.24, 2.45) is 0 Å². The number of hydrogen-bond acceptors (Lipinski definition) is 0. The highest BCUT2D eigenvalue weighted by molar-refractivity contribution is 5.90. The van der Waals surface area contributed by atoms with Gasteiger partial charge in [-0.3, -0.25) is 0 Å². The molecule has 7 rings (SSSR count). The highest BCUT2D eigenvalue weighted by Crippen LogP contribution is 2.26. The Bertz CT molecular complexity index is 1540. The van der Waals surface area contributed by atoms with Gasteiger partial charge in [0.25, 0.3) is 12.7 Å². The molecule has 0 aliphatic carbocycles. The average Bonchev–Trinajstić information content (AvgIpc) is 3.52. The van der Waals surface area contributed by atoms with Crippen LogP contribution in [0.4, 0.5) is 0 Å². The zero-order valence-corrected chi connectivity index (χ0v) is 19.6. The summed E-state index contributed by atoms with van der Waals surface area (Å²) in [6.07, 6.45) is 4.38. The van der Waals surface area contributed by atoms with Gasteiger partial charge in [0.1, 0.15) is 22.7 Å². The fraction of sp³-hybridized carbons (Fsp3) is 0. The van der Waals surface area contributed by atoms with E-state index < -0.39 is 0 Å². The van der Waals surface area contributed by atoms with E-state index in [1.807, 2.05) is 0 Å². The number of rotatable bonds is 4. The van der Waals surface area contributed by atoms with Crippen LogP contribution in [0.5, 0.6) is 0 Å². The van der Waals surface area contributed by atoms with Crippen molar-refractivity contribution >= 4 is 22.1 Å².